The number of thiophene rings is 1. The Morgan fingerprint density at radius 2 is 1.74 bits per heavy atom. The van der Waals surface area contributed by atoms with Crippen LogP contribution < -0.4 is 15.4 Å². The van der Waals surface area contributed by atoms with E-state index in [1.165, 1.54) is 4.88 Å². The fourth-order valence-electron chi connectivity index (χ4n) is 3.88. The Labute approximate surface area is 189 Å². The third-order valence-electron chi connectivity index (χ3n) is 5.98. The third kappa shape index (κ3) is 5.12. The van der Waals surface area contributed by atoms with Gasteiger partial charge in [0.2, 0.25) is 5.91 Å². The van der Waals surface area contributed by atoms with Gasteiger partial charge in [0.25, 0.3) is 5.91 Å². The number of amides is 2. The highest BCUT2D eigenvalue weighted by atomic mass is 32.1. The van der Waals surface area contributed by atoms with E-state index >= 15 is 0 Å². The maximum Gasteiger partial charge on any atom is 0.259 e. The summed E-state index contributed by atoms with van der Waals surface area (Å²) in [7, 11) is 1.58. The van der Waals surface area contributed by atoms with Gasteiger partial charge in [0.15, 0.2) is 0 Å². The number of carbonyl (C=O) groups excluding carboxylic acids is 2. The fraction of sp³-hybridized carbons (Fsp3) is 0.520. The van der Waals surface area contributed by atoms with Crippen molar-refractivity contribution in [2.24, 2.45) is 16.7 Å². The minimum Gasteiger partial charge on any atom is -0.495 e. The van der Waals surface area contributed by atoms with Crippen molar-refractivity contribution in [3.05, 3.63) is 40.3 Å². The van der Waals surface area contributed by atoms with Gasteiger partial charge in [-0.1, -0.05) is 53.7 Å². The van der Waals surface area contributed by atoms with Gasteiger partial charge >= 0.3 is 0 Å². The number of ether oxygens (including phenoxy) is 1. The van der Waals surface area contributed by atoms with Gasteiger partial charge in [-0.05, 0) is 48.3 Å². The molecular weight excluding hydrogens is 408 g/mol. The summed E-state index contributed by atoms with van der Waals surface area (Å²) in [5, 5.41) is 6.69. The molecule has 2 amide bonds. The molecule has 1 aromatic heterocycles. The number of rotatable bonds is 4. The molecule has 0 unspecified atom stereocenters. The van der Waals surface area contributed by atoms with E-state index in [1.807, 2.05) is 45.0 Å². The molecule has 1 heterocycles. The zero-order valence-electron chi connectivity index (χ0n) is 19.6. The Morgan fingerprint density at radius 1 is 1.06 bits per heavy atom. The van der Waals surface area contributed by atoms with Crippen molar-refractivity contribution < 1.29 is 14.3 Å². The number of fused-ring (bicyclic) bond motifs is 1. The van der Waals surface area contributed by atoms with E-state index in [9.17, 15) is 9.59 Å². The summed E-state index contributed by atoms with van der Waals surface area (Å²) in [6.07, 6.45) is 2.81. The first-order valence-electron chi connectivity index (χ1n) is 10.8. The number of anilines is 2. The van der Waals surface area contributed by atoms with E-state index in [-0.39, 0.29) is 17.2 Å². The van der Waals surface area contributed by atoms with Crippen molar-refractivity contribution in [3.8, 4) is 5.75 Å². The van der Waals surface area contributed by atoms with E-state index in [2.05, 4.69) is 31.4 Å². The monoisotopic (exact) mass is 442 g/mol. The van der Waals surface area contributed by atoms with Crippen LogP contribution in [0.3, 0.4) is 0 Å². The molecule has 1 aliphatic carbocycles. The second-order valence-electron chi connectivity index (χ2n) is 10.4. The quantitative estimate of drug-likeness (QED) is 0.597. The number of carbonyl (C=O) groups is 2. The molecule has 1 aromatic carbocycles. The molecule has 0 spiro atoms. The van der Waals surface area contributed by atoms with Crippen LogP contribution in [-0.4, -0.2) is 18.9 Å². The van der Waals surface area contributed by atoms with Gasteiger partial charge < -0.3 is 15.4 Å². The molecule has 5 nitrogen and oxygen atoms in total. The molecule has 0 radical (unpaired) electrons. The van der Waals surface area contributed by atoms with Crippen LogP contribution in [0.4, 0.5) is 10.7 Å². The molecule has 1 atom stereocenters. The smallest absolute Gasteiger partial charge is 0.259 e. The van der Waals surface area contributed by atoms with Gasteiger partial charge in [0.1, 0.15) is 10.8 Å². The van der Waals surface area contributed by atoms with E-state index in [1.54, 1.807) is 18.4 Å². The van der Waals surface area contributed by atoms with Crippen LogP contribution in [0.2, 0.25) is 0 Å². The molecule has 31 heavy (non-hydrogen) atoms. The average Bonchev–Trinajstić information content (AvgIpc) is 3.04. The number of hydrogen-bond acceptors (Lipinski definition) is 4. The number of hydrogen-bond donors (Lipinski definition) is 2. The Balaban J connectivity index is 2.00. The lowest BCUT2D eigenvalue weighted by Crippen LogP contribution is -2.29. The van der Waals surface area contributed by atoms with Gasteiger partial charge in [-0.2, -0.15) is 0 Å². The first-order chi connectivity index (χ1) is 14.4. The van der Waals surface area contributed by atoms with Gasteiger partial charge in [0.05, 0.1) is 18.4 Å². The summed E-state index contributed by atoms with van der Waals surface area (Å²) in [4.78, 5) is 27.4. The minimum atomic E-state index is -0.547. The van der Waals surface area contributed by atoms with Crippen molar-refractivity contribution in [2.45, 2.75) is 60.8 Å². The molecule has 0 fully saturated rings. The largest absolute Gasteiger partial charge is 0.495 e. The molecule has 3 rings (SSSR count). The Morgan fingerprint density at radius 3 is 2.35 bits per heavy atom. The summed E-state index contributed by atoms with van der Waals surface area (Å²) < 4.78 is 5.39. The molecule has 0 aliphatic heterocycles. The van der Waals surface area contributed by atoms with Gasteiger partial charge in [0, 0.05) is 10.3 Å². The summed E-state index contributed by atoms with van der Waals surface area (Å²) in [5.41, 5.74) is 1.94. The Kier molecular flexibility index (Phi) is 6.51. The van der Waals surface area contributed by atoms with Crippen LogP contribution >= 0.6 is 11.3 Å². The SMILES string of the molecule is COc1ccccc1NC(=O)c1c(NC(=O)C(C)(C)C)sc2c1CC[C@H](C(C)(C)C)C2. The molecule has 0 saturated carbocycles. The molecule has 1 aliphatic rings. The first kappa shape index (κ1) is 23.3. The van der Waals surface area contributed by atoms with Crippen molar-refractivity contribution in [1.82, 2.24) is 0 Å². The van der Waals surface area contributed by atoms with Crippen LogP contribution in [0.15, 0.2) is 24.3 Å². The molecule has 168 valence electrons. The third-order valence-corrected chi connectivity index (χ3v) is 7.15. The number of nitrogens with one attached hydrogen (secondary N) is 2. The maximum atomic E-state index is 13.4. The second kappa shape index (κ2) is 8.65. The van der Waals surface area contributed by atoms with Crippen LogP contribution in [0.5, 0.6) is 5.75 Å². The lowest BCUT2D eigenvalue weighted by Gasteiger charge is -2.33. The van der Waals surface area contributed by atoms with Crippen molar-refractivity contribution >= 4 is 33.8 Å². The van der Waals surface area contributed by atoms with E-state index in [4.69, 9.17) is 4.74 Å². The fourth-order valence-corrected chi connectivity index (χ4v) is 5.20. The van der Waals surface area contributed by atoms with E-state index in [0.29, 0.717) is 27.9 Å². The predicted octanol–water partition coefficient (Wildman–Crippen LogP) is 6.14. The zero-order valence-corrected chi connectivity index (χ0v) is 20.5. The average molecular weight is 443 g/mol. The highest BCUT2D eigenvalue weighted by molar-refractivity contribution is 7.17. The Hall–Kier alpha value is -2.34. The van der Waals surface area contributed by atoms with E-state index in [0.717, 1.165) is 24.8 Å². The van der Waals surface area contributed by atoms with Crippen molar-refractivity contribution in [3.63, 3.8) is 0 Å². The number of para-hydroxylation sites is 2. The second-order valence-corrected chi connectivity index (χ2v) is 11.5. The molecule has 2 aromatic rings. The Bertz CT molecular complexity index is 980. The summed E-state index contributed by atoms with van der Waals surface area (Å²) in [5.74, 6) is 0.855. The molecule has 0 bridgehead atoms. The highest BCUT2D eigenvalue weighted by Gasteiger charge is 2.35. The standard InChI is InChI=1S/C25H34N2O3S/c1-24(2,3)15-12-13-16-19(14-15)31-22(27-23(29)25(4,5)6)20(16)21(28)26-17-10-8-9-11-18(17)30-7/h8-11,15H,12-14H2,1-7H3,(H,26,28)(H,27,29)/t15-/m0/s1. The minimum absolute atomic E-state index is 0.0928. The molecule has 2 N–H and O–H groups in total. The molecule has 0 saturated heterocycles. The van der Waals surface area contributed by atoms with Crippen LogP contribution in [0.25, 0.3) is 0 Å². The summed E-state index contributed by atoms with van der Waals surface area (Å²) in [6.45, 7) is 12.4. The van der Waals surface area contributed by atoms with Crippen LogP contribution in [0.1, 0.15) is 68.8 Å². The molecular formula is C25H34N2O3S. The molecule has 6 heteroatoms. The van der Waals surface area contributed by atoms with Gasteiger partial charge in [-0.3, -0.25) is 9.59 Å². The topological polar surface area (TPSA) is 67.4 Å². The van der Waals surface area contributed by atoms with Crippen molar-refractivity contribution in [1.29, 1.82) is 0 Å². The zero-order chi connectivity index (χ0) is 23.0. The lowest BCUT2D eigenvalue weighted by atomic mass is 9.72. The lowest BCUT2D eigenvalue weighted by molar-refractivity contribution is -0.123. The van der Waals surface area contributed by atoms with Gasteiger partial charge in [-0.25, -0.2) is 0 Å². The van der Waals surface area contributed by atoms with Crippen molar-refractivity contribution in [2.75, 3.05) is 17.7 Å². The number of benzene rings is 1. The highest BCUT2D eigenvalue weighted by Crippen LogP contribution is 2.45. The summed E-state index contributed by atoms with van der Waals surface area (Å²) in [6, 6.07) is 7.35. The normalized spacial score (nSPS) is 16.4. The first-order valence-corrected chi connectivity index (χ1v) is 11.6. The number of methoxy groups -OCH3 is 1. The maximum absolute atomic E-state index is 13.4. The van der Waals surface area contributed by atoms with Crippen LogP contribution in [0, 0.1) is 16.7 Å². The predicted molar refractivity (Wildman–Crippen MR) is 128 cm³/mol. The van der Waals surface area contributed by atoms with Gasteiger partial charge in [-0.15, -0.1) is 11.3 Å². The van der Waals surface area contributed by atoms with Crippen LogP contribution in [-0.2, 0) is 17.6 Å². The summed E-state index contributed by atoms with van der Waals surface area (Å²) >= 11 is 1.55. The van der Waals surface area contributed by atoms with E-state index < -0.39 is 5.41 Å².